The van der Waals surface area contributed by atoms with E-state index in [-0.39, 0.29) is 23.4 Å². The number of rotatable bonds is 11. The van der Waals surface area contributed by atoms with Gasteiger partial charge in [-0.05, 0) is 75.9 Å². The number of hydrogen-bond acceptors (Lipinski definition) is 9. The molecule has 0 spiro atoms. The number of benzene rings is 2. The van der Waals surface area contributed by atoms with Crippen LogP contribution in [-0.4, -0.2) is 74.1 Å². The third-order valence-corrected chi connectivity index (χ3v) is 8.78. The fourth-order valence-corrected chi connectivity index (χ4v) is 6.02. The molecular formula is C37H46N10O. The second kappa shape index (κ2) is 14.1. The fourth-order valence-electron chi connectivity index (χ4n) is 6.02. The summed E-state index contributed by atoms with van der Waals surface area (Å²) in [5, 5.41) is 20.4. The number of amides is 1. The first kappa shape index (κ1) is 33.0. The van der Waals surface area contributed by atoms with Crippen LogP contribution in [0.2, 0.25) is 0 Å². The van der Waals surface area contributed by atoms with Crippen LogP contribution < -0.4 is 21.3 Å². The SMILES string of the molecule is CC(C)c1cnn2c(NCc3ccccc3-c3nccc4cc(NC(=O)/C=C/CN(C)C)ccc34)nc(NC3CCC(C)(C)NC3)nc12. The molecule has 1 amide bonds. The van der Waals surface area contributed by atoms with Crippen molar-refractivity contribution < 1.29 is 4.79 Å². The number of hydrogen-bond donors (Lipinski definition) is 4. The summed E-state index contributed by atoms with van der Waals surface area (Å²) in [5.74, 6) is 1.33. The van der Waals surface area contributed by atoms with Gasteiger partial charge in [0.1, 0.15) is 0 Å². The molecule has 4 N–H and O–H groups in total. The summed E-state index contributed by atoms with van der Waals surface area (Å²) < 4.78 is 1.80. The highest BCUT2D eigenvalue weighted by molar-refractivity contribution is 6.02. The van der Waals surface area contributed by atoms with E-state index in [0.717, 1.165) is 63.9 Å². The Balaban J connectivity index is 1.26. The van der Waals surface area contributed by atoms with E-state index in [1.807, 2.05) is 73.9 Å². The van der Waals surface area contributed by atoms with Crippen LogP contribution in [0.4, 0.5) is 17.6 Å². The van der Waals surface area contributed by atoms with E-state index >= 15 is 0 Å². The maximum atomic E-state index is 12.5. The number of nitrogens with zero attached hydrogens (tertiary/aromatic N) is 6. The van der Waals surface area contributed by atoms with Gasteiger partial charge < -0.3 is 26.2 Å². The summed E-state index contributed by atoms with van der Waals surface area (Å²) in [5.41, 5.74) is 5.71. The molecule has 1 fully saturated rings. The van der Waals surface area contributed by atoms with E-state index in [2.05, 4.69) is 66.2 Å². The average molecular weight is 647 g/mol. The smallest absolute Gasteiger partial charge is 0.248 e. The monoisotopic (exact) mass is 646 g/mol. The lowest BCUT2D eigenvalue weighted by atomic mass is 9.91. The standard InChI is InChI=1S/C37H46N10O/c1-24(2)31-23-41-47-34(31)44-35(43-28-15-17-37(3,4)40-22-28)45-36(47)39-21-26-10-7-8-11-29(26)33-30-14-13-27(20-25(30)16-18-38-33)42-32(48)12-9-19-46(5)6/h7-14,16,18,20,23-24,28,40H,15,17,19,21-22H2,1-6H3,(H,42,48)(H2,39,43,44,45)/b12-9+. The molecule has 0 saturated carbocycles. The van der Waals surface area contributed by atoms with Crippen molar-refractivity contribution in [2.45, 2.75) is 64.6 Å². The third-order valence-electron chi connectivity index (χ3n) is 8.78. The average Bonchev–Trinajstić information content (AvgIpc) is 3.49. The molecule has 1 aliphatic heterocycles. The van der Waals surface area contributed by atoms with Crippen LogP contribution in [-0.2, 0) is 11.3 Å². The Bertz CT molecular complexity index is 1930. The Morgan fingerprint density at radius 3 is 2.75 bits per heavy atom. The minimum absolute atomic E-state index is 0.139. The summed E-state index contributed by atoms with van der Waals surface area (Å²) in [4.78, 5) is 29.1. The lowest BCUT2D eigenvalue weighted by Gasteiger charge is -2.36. The van der Waals surface area contributed by atoms with E-state index in [1.54, 1.807) is 10.6 Å². The Morgan fingerprint density at radius 2 is 1.98 bits per heavy atom. The van der Waals surface area contributed by atoms with E-state index in [0.29, 0.717) is 25.0 Å². The molecule has 4 heterocycles. The van der Waals surface area contributed by atoms with Crippen LogP contribution in [0.25, 0.3) is 27.7 Å². The van der Waals surface area contributed by atoms with E-state index in [4.69, 9.17) is 15.0 Å². The Labute approximate surface area is 282 Å². The molecule has 3 aromatic heterocycles. The molecule has 1 atom stereocenters. The van der Waals surface area contributed by atoms with E-state index < -0.39 is 0 Å². The van der Waals surface area contributed by atoms with Gasteiger partial charge in [-0.25, -0.2) is 0 Å². The number of pyridine rings is 1. The zero-order valence-electron chi connectivity index (χ0n) is 28.7. The molecular weight excluding hydrogens is 600 g/mol. The third kappa shape index (κ3) is 7.64. The molecule has 0 radical (unpaired) electrons. The highest BCUT2D eigenvalue weighted by atomic mass is 16.1. The second-order valence-corrected chi connectivity index (χ2v) is 13.8. The number of anilines is 3. The Kier molecular flexibility index (Phi) is 9.70. The van der Waals surface area contributed by atoms with Gasteiger partial charge in [-0.3, -0.25) is 9.78 Å². The van der Waals surface area contributed by atoms with Gasteiger partial charge in [0.05, 0.1) is 11.9 Å². The van der Waals surface area contributed by atoms with Crippen molar-refractivity contribution in [3.63, 3.8) is 0 Å². The number of fused-ring (bicyclic) bond motifs is 2. The molecule has 11 nitrogen and oxygen atoms in total. The summed E-state index contributed by atoms with van der Waals surface area (Å²) >= 11 is 0. The molecule has 2 aromatic carbocycles. The molecule has 250 valence electrons. The molecule has 6 rings (SSSR count). The molecule has 0 bridgehead atoms. The quantitative estimate of drug-likeness (QED) is 0.127. The van der Waals surface area contributed by atoms with Crippen LogP contribution in [0.1, 0.15) is 57.6 Å². The van der Waals surface area contributed by atoms with Crippen molar-refractivity contribution in [3.8, 4) is 11.3 Å². The highest BCUT2D eigenvalue weighted by Crippen LogP contribution is 2.31. The summed E-state index contributed by atoms with van der Waals surface area (Å²) in [6, 6.07) is 16.4. The first-order chi connectivity index (χ1) is 23.1. The van der Waals surface area contributed by atoms with E-state index in [9.17, 15) is 4.79 Å². The first-order valence-corrected chi connectivity index (χ1v) is 16.7. The second-order valence-electron chi connectivity index (χ2n) is 13.8. The first-order valence-electron chi connectivity index (χ1n) is 16.7. The van der Waals surface area contributed by atoms with Crippen molar-refractivity contribution in [1.82, 2.24) is 34.8 Å². The van der Waals surface area contributed by atoms with Crippen molar-refractivity contribution in [2.75, 3.05) is 43.1 Å². The van der Waals surface area contributed by atoms with Crippen LogP contribution in [0, 0.1) is 0 Å². The van der Waals surface area contributed by atoms with Gasteiger partial charge in [0, 0.05) is 65.7 Å². The van der Waals surface area contributed by atoms with Gasteiger partial charge in [-0.2, -0.15) is 19.6 Å². The van der Waals surface area contributed by atoms with Crippen LogP contribution in [0.3, 0.4) is 0 Å². The van der Waals surface area contributed by atoms with Gasteiger partial charge in [0.15, 0.2) is 5.65 Å². The minimum atomic E-state index is -0.156. The van der Waals surface area contributed by atoms with Crippen molar-refractivity contribution >= 4 is 39.9 Å². The summed E-state index contributed by atoms with van der Waals surface area (Å²) in [6.07, 6.45) is 9.23. The number of likely N-dealkylation sites (N-methyl/N-ethyl adjacent to an activating group) is 1. The number of piperidine rings is 1. The number of nitrogens with one attached hydrogen (secondary N) is 4. The maximum Gasteiger partial charge on any atom is 0.248 e. The van der Waals surface area contributed by atoms with Crippen LogP contribution >= 0.6 is 0 Å². The van der Waals surface area contributed by atoms with Gasteiger partial charge >= 0.3 is 0 Å². The highest BCUT2D eigenvalue weighted by Gasteiger charge is 2.27. The van der Waals surface area contributed by atoms with Gasteiger partial charge in [0.25, 0.3) is 0 Å². The number of aromatic nitrogens is 5. The van der Waals surface area contributed by atoms with Crippen molar-refractivity contribution in [3.05, 3.63) is 84.2 Å². The van der Waals surface area contributed by atoms with Gasteiger partial charge in [0.2, 0.25) is 17.8 Å². The van der Waals surface area contributed by atoms with Crippen LogP contribution in [0.5, 0.6) is 0 Å². The van der Waals surface area contributed by atoms with Crippen molar-refractivity contribution in [2.24, 2.45) is 0 Å². The maximum absolute atomic E-state index is 12.5. The van der Waals surface area contributed by atoms with Gasteiger partial charge in [-0.1, -0.05) is 50.3 Å². The molecule has 1 aliphatic rings. The predicted octanol–water partition coefficient (Wildman–Crippen LogP) is 6.07. The molecule has 48 heavy (non-hydrogen) atoms. The topological polar surface area (TPSA) is 124 Å². The normalized spacial score (nSPS) is 16.3. The molecule has 1 saturated heterocycles. The summed E-state index contributed by atoms with van der Waals surface area (Å²) in [7, 11) is 3.93. The molecule has 11 heteroatoms. The van der Waals surface area contributed by atoms with E-state index in [1.165, 1.54) is 0 Å². The predicted molar refractivity (Wildman–Crippen MR) is 194 cm³/mol. The zero-order chi connectivity index (χ0) is 33.8. The molecule has 5 aromatic rings. The number of carbonyl (C=O) groups is 1. The summed E-state index contributed by atoms with van der Waals surface area (Å²) in [6.45, 7) is 10.8. The zero-order valence-corrected chi connectivity index (χ0v) is 28.7. The van der Waals surface area contributed by atoms with Crippen molar-refractivity contribution in [1.29, 1.82) is 0 Å². The lowest BCUT2D eigenvalue weighted by Crippen LogP contribution is -2.50. The fraction of sp³-hybridized carbons (Fsp3) is 0.378. The number of carbonyl (C=O) groups excluding carboxylic acids is 1. The Morgan fingerprint density at radius 1 is 1.15 bits per heavy atom. The Hall–Kier alpha value is -4.87. The van der Waals surface area contributed by atoms with Crippen LogP contribution in [0.15, 0.2) is 73.1 Å². The molecule has 1 unspecified atom stereocenters. The minimum Gasteiger partial charge on any atom is -0.350 e. The van der Waals surface area contributed by atoms with Gasteiger partial charge in [-0.15, -0.1) is 0 Å². The molecule has 0 aliphatic carbocycles. The lowest BCUT2D eigenvalue weighted by molar-refractivity contribution is -0.111. The largest absolute Gasteiger partial charge is 0.350 e.